The lowest BCUT2D eigenvalue weighted by molar-refractivity contribution is 0.0667. The van der Waals surface area contributed by atoms with Crippen LogP contribution in [-0.4, -0.2) is 38.7 Å². The highest BCUT2D eigenvalue weighted by Crippen LogP contribution is 2.22. The molecule has 3 aromatic rings. The summed E-state index contributed by atoms with van der Waals surface area (Å²) in [4.78, 5) is 14.5. The van der Waals surface area contributed by atoms with Crippen molar-refractivity contribution in [3.63, 3.8) is 0 Å². The fourth-order valence-electron chi connectivity index (χ4n) is 3.83. The van der Waals surface area contributed by atoms with Gasteiger partial charge in [-0.2, -0.15) is 0 Å². The van der Waals surface area contributed by atoms with E-state index < -0.39 is 5.82 Å². The number of carbonyl (C=O) groups excluding carboxylic acids is 1. The van der Waals surface area contributed by atoms with E-state index in [0.717, 1.165) is 31.6 Å². The molecular weight excluding hydrogens is 355 g/mol. The van der Waals surface area contributed by atoms with E-state index in [2.05, 4.69) is 26.9 Å². The zero-order valence-corrected chi connectivity index (χ0v) is 15.7. The van der Waals surface area contributed by atoms with Crippen molar-refractivity contribution < 1.29 is 9.18 Å². The molecule has 1 unspecified atom stereocenters. The Morgan fingerprint density at radius 3 is 2.71 bits per heavy atom. The van der Waals surface area contributed by atoms with Gasteiger partial charge in [0.25, 0.3) is 5.91 Å². The third-order valence-electron chi connectivity index (χ3n) is 5.27. The number of rotatable bonds is 5. The van der Waals surface area contributed by atoms with Gasteiger partial charge in [0.05, 0.1) is 12.1 Å². The molecule has 144 valence electrons. The van der Waals surface area contributed by atoms with Crippen LogP contribution in [0.15, 0.2) is 60.9 Å². The first-order valence-corrected chi connectivity index (χ1v) is 9.65. The van der Waals surface area contributed by atoms with Crippen LogP contribution in [0.2, 0.25) is 0 Å². The molecule has 5 nitrogen and oxygen atoms in total. The van der Waals surface area contributed by atoms with Crippen molar-refractivity contribution in [1.29, 1.82) is 0 Å². The lowest BCUT2D eigenvalue weighted by Crippen LogP contribution is -2.41. The van der Waals surface area contributed by atoms with Crippen molar-refractivity contribution in [3.8, 4) is 0 Å². The minimum atomic E-state index is -0.461. The van der Waals surface area contributed by atoms with Crippen LogP contribution in [0.1, 0.15) is 34.6 Å². The summed E-state index contributed by atoms with van der Waals surface area (Å²) in [6.45, 7) is 2.01. The molecule has 1 aliphatic rings. The first-order valence-electron chi connectivity index (χ1n) is 9.65. The number of benzene rings is 2. The number of piperidine rings is 1. The monoisotopic (exact) mass is 378 g/mol. The highest BCUT2D eigenvalue weighted by Gasteiger charge is 2.27. The van der Waals surface area contributed by atoms with E-state index in [1.54, 1.807) is 29.4 Å². The molecule has 1 aromatic heterocycles. The largest absolute Gasteiger partial charge is 0.338 e. The van der Waals surface area contributed by atoms with Gasteiger partial charge in [0.15, 0.2) is 0 Å². The fraction of sp³-hybridized carbons (Fsp3) is 0.318. The predicted octanol–water partition coefficient (Wildman–Crippen LogP) is 3.56. The number of amides is 1. The second kappa shape index (κ2) is 8.33. The highest BCUT2D eigenvalue weighted by molar-refractivity contribution is 5.94. The van der Waals surface area contributed by atoms with Crippen molar-refractivity contribution in [2.75, 3.05) is 13.1 Å². The summed E-state index contributed by atoms with van der Waals surface area (Å²) in [6, 6.07) is 16.4. The minimum Gasteiger partial charge on any atom is -0.338 e. The highest BCUT2D eigenvalue weighted by atomic mass is 19.1. The molecule has 0 saturated carbocycles. The molecule has 1 saturated heterocycles. The van der Waals surface area contributed by atoms with E-state index in [1.807, 2.05) is 18.2 Å². The average Bonchev–Trinajstić information content (AvgIpc) is 3.15. The van der Waals surface area contributed by atoms with Crippen molar-refractivity contribution in [3.05, 3.63) is 83.7 Å². The van der Waals surface area contributed by atoms with E-state index in [-0.39, 0.29) is 11.5 Å². The van der Waals surface area contributed by atoms with E-state index in [4.69, 9.17) is 0 Å². The number of hydrogen-bond acceptors (Lipinski definition) is 3. The number of likely N-dealkylation sites (tertiary alicyclic amines) is 1. The molecule has 1 fully saturated rings. The number of hydrogen-bond donors (Lipinski definition) is 0. The summed E-state index contributed by atoms with van der Waals surface area (Å²) in [7, 11) is 0. The van der Waals surface area contributed by atoms with E-state index in [0.29, 0.717) is 19.0 Å². The molecule has 0 spiro atoms. The van der Waals surface area contributed by atoms with Gasteiger partial charge in [0, 0.05) is 19.5 Å². The molecule has 1 amide bonds. The number of nitrogens with zero attached hydrogens (tertiary/aromatic N) is 4. The molecule has 4 rings (SSSR count). The Labute approximate surface area is 163 Å². The van der Waals surface area contributed by atoms with Gasteiger partial charge in [0.2, 0.25) is 0 Å². The van der Waals surface area contributed by atoms with Crippen LogP contribution in [0.3, 0.4) is 0 Å². The van der Waals surface area contributed by atoms with E-state index >= 15 is 0 Å². The third-order valence-corrected chi connectivity index (χ3v) is 5.27. The number of aromatic nitrogens is 3. The van der Waals surface area contributed by atoms with Crippen molar-refractivity contribution in [1.82, 2.24) is 19.7 Å². The second-order valence-corrected chi connectivity index (χ2v) is 7.30. The molecule has 0 bridgehead atoms. The first kappa shape index (κ1) is 18.3. The van der Waals surface area contributed by atoms with Crippen LogP contribution in [0.5, 0.6) is 0 Å². The summed E-state index contributed by atoms with van der Waals surface area (Å²) in [5, 5.41) is 8.38. The molecule has 1 atom stereocenters. The molecule has 0 radical (unpaired) electrons. The predicted molar refractivity (Wildman–Crippen MR) is 104 cm³/mol. The van der Waals surface area contributed by atoms with Crippen LogP contribution < -0.4 is 0 Å². The first-order chi connectivity index (χ1) is 13.7. The maximum absolute atomic E-state index is 14.0. The maximum Gasteiger partial charge on any atom is 0.256 e. The van der Waals surface area contributed by atoms with Gasteiger partial charge in [-0.15, -0.1) is 10.2 Å². The zero-order chi connectivity index (χ0) is 19.3. The standard InChI is InChI=1S/C22H23FN4O/c23-20-11-5-4-10-19(20)22(28)26-12-6-9-18(15-26)13-21-25-24-16-27(21)14-17-7-2-1-3-8-17/h1-5,7-8,10-11,16,18H,6,9,12-15H2. The molecule has 0 aliphatic carbocycles. The summed E-state index contributed by atoms with van der Waals surface area (Å²) >= 11 is 0. The van der Waals surface area contributed by atoms with Crippen LogP contribution in [-0.2, 0) is 13.0 Å². The van der Waals surface area contributed by atoms with Crippen LogP contribution in [0, 0.1) is 11.7 Å². The van der Waals surface area contributed by atoms with Gasteiger partial charge in [-0.25, -0.2) is 4.39 Å². The smallest absolute Gasteiger partial charge is 0.256 e. The van der Waals surface area contributed by atoms with Gasteiger partial charge in [-0.05, 0) is 36.5 Å². The molecule has 2 aromatic carbocycles. The van der Waals surface area contributed by atoms with Gasteiger partial charge < -0.3 is 9.47 Å². The average molecular weight is 378 g/mol. The van der Waals surface area contributed by atoms with Gasteiger partial charge >= 0.3 is 0 Å². The third kappa shape index (κ3) is 4.11. The Morgan fingerprint density at radius 2 is 1.89 bits per heavy atom. The molecule has 1 aliphatic heterocycles. The lowest BCUT2D eigenvalue weighted by Gasteiger charge is -2.32. The molecule has 0 N–H and O–H groups in total. The second-order valence-electron chi connectivity index (χ2n) is 7.30. The Balaban J connectivity index is 1.43. The lowest BCUT2D eigenvalue weighted by atomic mass is 9.94. The van der Waals surface area contributed by atoms with E-state index in [1.165, 1.54) is 11.6 Å². The van der Waals surface area contributed by atoms with Crippen molar-refractivity contribution in [2.24, 2.45) is 5.92 Å². The van der Waals surface area contributed by atoms with Crippen molar-refractivity contribution >= 4 is 5.91 Å². The summed E-state index contributed by atoms with van der Waals surface area (Å²) in [5.41, 5.74) is 1.35. The summed E-state index contributed by atoms with van der Waals surface area (Å²) in [5.74, 6) is 0.531. The Hall–Kier alpha value is -3.02. The molecule has 2 heterocycles. The Kier molecular flexibility index (Phi) is 5.46. The van der Waals surface area contributed by atoms with Gasteiger partial charge in [-0.3, -0.25) is 4.79 Å². The number of carbonyl (C=O) groups is 1. The SMILES string of the molecule is O=C(c1ccccc1F)N1CCCC(Cc2nncn2Cc2ccccc2)C1. The molecular formula is C22H23FN4O. The quantitative estimate of drug-likeness (QED) is 0.682. The molecule has 28 heavy (non-hydrogen) atoms. The summed E-state index contributed by atoms with van der Waals surface area (Å²) in [6.07, 6.45) is 4.46. The van der Waals surface area contributed by atoms with Crippen molar-refractivity contribution in [2.45, 2.75) is 25.8 Å². The van der Waals surface area contributed by atoms with Crippen LogP contribution >= 0.6 is 0 Å². The van der Waals surface area contributed by atoms with Crippen LogP contribution in [0.4, 0.5) is 4.39 Å². The maximum atomic E-state index is 14.0. The fourth-order valence-corrected chi connectivity index (χ4v) is 3.83. The normalized spacial score (nSPS) is 16.9. The Bertz CT molecular complexity index is 940. The van der Waals surface area contributed by atoms with Crippen LogP contribution in [0.25, 0.3) is 0 Å². The Morgan fingerprint density at radius 1 is 1.11 bits per heavy atom. The zero-order valence-electron chi connectivity index (χ0n) is 15.7. The van der Waals surface area contributed by atoms with E-state index in [9.17, 15) is 9.18 Å². The topological polar surface area (TPSA) is 51.0 Å². The summed E-state index contributed by atoms with van der Waals surface area (Å²) < 4.78 is 16.1. The number of halogens is 1. The van der Waals surface area contributed by atoms with Gasteiger partial charge in [-0.1, -0.05) is 42.5 Å². The molecule has 6 heteroatoms. The van der Waals surface area contributed by atoms with Gasteiger partial charge in [0.1, 0.15) is 18.0 Å². The minimum absolute atomic E-state index is 0.149.